The lowest BCUT2D eigenvalue weighted by atomic mass is 9.98. The van der Waals surface area contributed by atoms with E-state index in [0.717, 1.165) is 40.9 Å². The minimum absolute atomic E-state index is 0.0822. The van der Waals surface area contributed by atoms with Crippen LogP contribution in [0.2, 0.25) is 0 Å². The summed E-state index contributed by atoms with van der Waals surface area (Å²) in [6.45, 7) is 7.40. The van der Waals surface area contributed by atoms with Crippen molar-refractivity contribution in [3.05, 3.63) is 23.7 Å². The standard InChI is InChI=1S/C16H22ClN3/c1-10-7-14-16(18-8-10)20(15(19-14)12(3)17)9-13-6-4-5-11(13)2/h7-8,11-13H,4-6,9H2,1-3H3. The molecule has 0 amide bonds. The first-order valence-electron chi connectivity index (χ1n) is 7.53. The predicted molar refractivity (Wildman–Crippen MR) is 83.0 cm³/mol. The third-order valence-corrected chi connectivity index (χ3v) is 4.76. The molecule has 3 nitrogen and oxygen atoms in total. The average Bonchev–Trinajstić information content (AvgIpc) is 2.95. The third kappa shape index (κ3) is 2.44. The second-order valence-corrected chi connectivity index (χ2v) is 6.87. The molecule has 4 heteroatoms. The molecule has 3 atom stereocenters. The maximum atomic E-state index is 6.33. The first kappa shape index (κ1) is 13.9. The molecule has 0 bridgehead atoms. The van der Waals surface area contributed by atoms with Crippen LogP contribution in [0.15, 0.2) is 12.3 Å². The lowest BCUT2D eigenvalue weighted by Gasteiger charge is -2.18. The van der Waals surface area contributed by atoms with Crippen molar-refractivity contribution in [1.82, 2.24) is 14.5 Å². The SMILES string of the molecule is Cc1cnc2c(c1)nc(C(C)Cl)n2CC1CCCC1C. The summed E-state index contributed by atoms with van der Waals surface area (Å²) in [5.74, 6) is 2.47. The van der Waals surface area contributed by atoms with Crippen molar-refractivity contribution in [1.29, 1.82) is 0 Å². The number of halogens is 1. The number of rotatable bonds is 3. The van der Waals surface area contributed by atoms with Gasteiger partial charge in [0, 0.05) is 12.7 Å². The Morgan fingerprint density at radius 2 is 2.25 bits per heavy atom. The smallest absolute Gasteiger partial charge is 0.160 e. The normalized spacial score (nSPS) is 24.4. The highest BCUT2D eigenvalue weighted by Gasteiger charge is 2.26. The zero-order valence-electron chi connectivity index (χ0n) is 12.4. The van der Waals surface area contributed by atoms with E-state index in [2.05, 4.69) is 22.5 Å². The molecule has 3 unspecified atom stereocenters. The number of fused-ring (bicyclic) bond motifs is 1. The van der Waals surface area contributed by atoms with E-state index in [0.29, 0.717) is 0 Å². The third-order valence-electron chi connectivity index (χ3n) is 4.56. The lowest BCUT2D eigenvalue weighted by Crippen LogP contribution is -2.16. The number of hydrogen-bond donors (Lipinski definition) is 0. The van der Waals surface area contributed by atoms with E-state index in [-0.39, 0.29) is 5.38 Å². The van der Waals surface area contributed by atoms with Gasteiger partial charge in [-0.3, -0.25) is 0 Å². The molecule has 0 spiro atoms. The number of alkyl halides is 1. The number of nitrogens with zero attached hydrogens (tertiary/aromatic N) is 3. The van der Waals surface area contributed by atoms with Crippen LogP contribution in [0.25, 0.3) is 11.2 Å². The van der Waals surface area contributed by atoms with Gasteiger partial charge in [0.15, 0.2) is 5.65 Å². The molecule has 3 rings (SSSR count). The molecule has 1 fully saturated rings. The molecule has 0 N–H and O–H groups in total. The van der Waals surface area contributed by atoms with E-state index in [1.54, 1.807) is 0 Å². The van der Waals surface area contributed by atoms with Gasteiger partial charge in [0.2, 0.25) is 0 Å². The van der Waals surface area contributed by atoms with E-state index in [9.17, 15) is 0 Å². The van der Waals surface area contributed by atoms with Crippen LogP contribution < -0.4 is 0 Å². The summed E-state index contributed by atoms with van der Waals surface area (Å²) >= 11 is 6.33. The molecule has 2 aromatic heterocycles. The van der Waals surface area contributed by atoms with Gasteiger partial charge in [-0.05, 0) is 43.7 Å². The maximum Gasteiger partial charge on any atom is 0.160 e. The molecule has 0 aromatic carbocycles. The Hall–Kier alpha value is -1.09. The van der Waals surface area contributed by atoms with Crippen molar-refractivity contribution in [3.8, 4) is 0 Å². The van der Waals surface area contributed by atoms with E-state index < -0.39 is 0 Å². The average molecular weight is 292 g/mol. The summed E-state index contributed by atoms with van der Waals surface area (Å²) in [4.78, 5) is 9.30. The highest BCUT2D eigenvalue weighted by Crippen LogP contribution is 2.34. The Morgan fingerprint density at radius 1 is 1.45 bits per heavy atom. The Labute approximate surface area is 125 Å². The Bertz CT molecular complexity index is 617. The van der Waals surface area contributed by atoms with Crippen molar-refractivity contribution < 1.29 is 0 Å². The number of imidazole rings is 1. The zero-order valence-corrected chi connectivity index (χ0v) is 13.2. The van der Waals surface area contributed by atoms with Gasteiger partial charge in [-0.1, -0.05) is 19.8 Å². The second kappa shape index (κ2) is 5.36. The lowest BCUT2D eigenvalue weighted by molar-refractivity contribution is 0.362. The van der Waals surface area contributed by atoms with Gasteiger partial charge in [0.05, 0.1) is 5.38 Å². The largest absolute Gasteiger partial charge is 0.311 e. The Morgan fingerprint density at radius 3 is 2.90 bits per heavy atom. The van der Waals surface area contributed by atoms with E-state index in [4.69, 9.17) is 16.6 Å². The summed E-state index contributed by atoms with van der Waals surface area (Å²) < 4.78 is 2.25. The first-order valence-corrected chi connectivity index (χ1v) is 7.96. The van der Waals surface area contributed by atoms with Crippen LogP contribution in [0.1, 0.15) is 49.9 Å². The number of aryl methyl sites for hydroxylation is 1. The predicted octanol–water partition coefficient (Wildman–Crippen LogP) is 4.48. The highest BCUT2D eigenvalue weighted by atomic mass is 35.5. The Kier molecular flexibility index (Phi) is 3.72. The minimum atomic E-state index is -0.0822. The second-order valence-electron chi connectivity index (χ2n) is 6.22. The van der Waals surface area contributed by atoms with Crippen LogP contribution >= 0.6 is 11.6 Å². The van der Waals surface area contributed by atoms with E-state index in [1.165, 1.54) is 19.3 Å². The topological polar surface area (TPSA) is 30.7 Å². The fourth-order valence-electron chi connectivity index (χ4n) is 3.34. The molecule has 2 heterocycles. The molecule has 108 valence electrons. The molecule has 0 aliphatic heterocycles. The number of aromatic nitrogens is 3. The summed E-state index contributed by atoms with van der Waals surface area (Å²) in [7, 11) is 0. The van der Waals surface area contributed by atoms with Gasteiger partial charge in [-0.25, -0.2) is 9.97 Å². The van der Waals surface area contributed by atoms with Gasteiger partial charge in [0.1, 0.15) is 11.3 Å². The Balaban J connectivity index is 2.04. The van der Waals surface area contributed by atoms with Crippen molar-refractivity contribution in [2.45, 2.75) is 52.0 Å². The van der Waals surface area contributed by atoms with Gasteiger partial charge in [0.25, 0.3) is 0 Å². The van der Waals surface area contributed by atoms with Gasteiger partial charge in [-0.15, -0.1) is 11.6 Å². The maximum absolute atomic E-state index is 6.33. The molecule has 0 saturated heterocycles. The van der Waals surface area contributed by atoms with E-state index in [1.807, 2.05) is 20.0 Å². The van der Waals surface area contributed by atoms with Crippen LogP contribution in [-0.2, 0) is 6.54 Å². The molecular formula is C16H22ClN3. The van der Waals surface area contributed by atoms with E-state index >= 15 is 0 Å². The molecular weight excluding hydrogens is 270 g/mol. The van der Waals surface area contributed by atoms with Crippen molar-refractivity contribution in [2.75, 3.05) is 0 Å². The summed E-state index contributed by atoms with van der Waals surface area (Å²) in [5, 5.41) is -0.0822. The molecule has 1 aliphatic rings. The monoisotopic (exact) mass is 291 g/mol. The summed E-state index contributed by atoms with van der Waals surface area (Å²) in [6.07, 6.45) is 5.91. The summed E-state index contributed by atoms with van der Waals surface area (Å²) in [5.41, 5.74) is 3.10. The fourth-order valence-corrected chi connectivity index (χ4v) is 3.51. The summed E-state index contributed by atoms with van der Waals surface area (Å²) in [6, 6.07) is 2.10. The minimum Gasteiger partial charge on any atom is -0.311 e. The van der Waals surface area contributed by atoms with Crippen LogP contribution in [0.4, 0.5) is 0 Å². The van der Waals surface area contributed by atoms with Crippen molar-refractivity contribution in [3.63, 3.8) is 0 Å². The molecule has 2 aromatic rings. The van der Waals surface area contributed by atoms with Crippen LogP contribution in [-0.4, -0.2) is 14.5 Å². The molecule has 20 heavy (non-hydrogen) atoms. The molecule has 1 saturated carbocycles. The van der Waals surface area contributed by atoms with Crippen molar-refractivity contribution >= 4 is 22.8 Å². The quantitative estimate of drug-likeness (QED) is 0.781. The number of pyridine rings is 1. The first-order chi connectivity index (χ1) is 9.56. The van der Waals surface area contributed by atoms with Crippen LogP contribution in [0, 0.1) is 18.8 Å². The molecule has 1 aliphatic carbocycles. The van der Waals surface area contributed by atoms with Gasteiger partial charge < -0.3 is 4.57 Å². The van der Waals surface area contributed by atoms with Gasteiger partial charge >= 0.3 is 0 Å². The van der Waals surface area contributed by atoms with Crippen LogP contribution in [0.5, 0.6) is 0 Å². The zero-order chi connectivity index (χ0) is 14.3. The number of hydrogen-bond acceptors (Lipinski definition) is 2. The van der Waals surface area contributed by atoms with Crippen molar-refractivity contribution in [2.24, 2.45) is 11.8 Å². The molecule has 0 radical (unpaired) electrons. The van der Waals surface area contributed by atoms with Crippen LogP contribution in [0.3, 0.4) is 0 Å². The highest BCUT2D eigenvalue weighted by molar-refractivity contribution is 6.20. The van der Waals surface area contributed by atoms with Gasteiger partial charge in [-0.2, -0.15) is 0 Å². The fraction of sp³-hybridized carbons (Fsp3) is 0.625.